The molecule has 1 N–H and O–H groups in total. The molecule has 108 valence electrons. The van der Waals surface area contributed by atoms with Crippen LogP contribution in [0.2, 0.25) is 0 Å². The third-order valence-corrected chi connectivity index (χ3v) is 3.46. The quantitative estimate of drug-likeness (QED) is 0.781. The second-order valence-corrected chi connectivity index (χ2v) is 5.32. The second kappa shape index (κ2) is 5.56. The average Bonchev–Trinajstić information content (AvgIpc) is 2.91. The van der Waals surface area contributed by atoms with Gasteiger partial charge in [0.1, 0.15) is 5.82 Å². The lowest BCUT2D eigenvalue weighted by molar-refractivity contribution is 0.328. The molecule has 0 aliphatic carbocycles. The molecule has 3 aromatic rings. The van der Waals surface area contributed by atoms with Crippen LogP contribution in [0.3, 0.4) is 0 Å². The third kappa shape index (κ3) is 2.75. The van der Waals surface area contributed by atoms with Crippen molar-refractivity contribution in [3.63, 3.8) is 0 Å². The number of pyridine rings is 1. The van der Waals surface area contributed by atoms with E-state index in [9.17, 15) is 0 Å². The monoisotopic (exact) mass is 281 g/mol. The minimum atomic E-state index is 0.533. The third-order valence-electron chi connectivity index (χ3n) is 3.46. The van der Waals surface area contributed by atoms with Crippen LogP contribution in [-0.4, -0.2) is 21.6 Å². The number of rotatable bonds is 4. The topological polar surface area (TPSA) is 50.8 Å². The molecule has 21 heavy (non-hydrogen) atoms. The highest BCUT2D eigenvalue weighted by Gasteiger charge is 2.08. The number of hydrogen-bond donors (Lipinski definition) is 1. The minimum absolute atomic E-state index is 0.533. The Bertz CT molecular complexity index is 744. The first kappa shape index (κ1) is 13.6. The van der Waals surface area contributed by atoms with Crippen LogP contribution in [-0.2, 0) is 0 Å². The highest BCUT2D eigenvalue weighted by atomic mass is 16.5. The van der Waals surface area contributed by atoms with E-state index in [0.29, 0.717) is 24.1 Å². The first-order valence-corrected chi connectivity index (χ1v) is 7.27. The number of benzene rings is 1. The predicted octanol–water partition coefficient (Wildman–Crippen LogP) is 4.15. The van der Waals surface area contributed by atoms with Gasteiger partial charge in [0, 0.05) is 11.6 Å². The van der Waals surface area contributed by atoms with E-state index in [4.69, 9.17) is 4.74 Å². The van der Waals surface area contributed by atoms with Crippen molar-refractivity contribution in [3.05, 3.63) is 42.0 Å². The molecule has 0 radical (unpaired) electrons. The summed E-state index contributed by atoms with van der Waals surface area (Å²) in [6.07, 6.45) is 0. The smallest absolute Gasteiger partial charge is 0.215 e. The Kier molecular flexibility index (Phi) is 3.60. The number of nitrogens with one attached hydrogen (secondary N) is 1. The number of H-pyrrole nitrogens is 1. The number of hydrogen-bond acceptors (Lipinski definition) is 3. The summed E-state index contributed by atoms with van der Waals surface area (Å²) >= 11 is 0. The zero-order valence-corrected chi connectivity index (χ0v) is 12.6. The van der Waals surface area contributed by atoms with Gasteiger partial charge in [0.15, 0.2) is 5.65 Å². The van der Waals surface area contributed by atoms with E-state index in [0.717, 1.165) is 16.9 Å². The Labute approximate surface area is 124 Å². The average molecular weight is 281 g/mol. The Balaban J connectivity index is 1.96. The van der Waals surface area contributed by atoms with Crippen molar-refractivity contribution in [2.75, 3.05) is 6.61 Å². The number of ether oxygens (including phenoxy) is 1. The predicted molar refractivity (Wildman–Crippen MR) is 84.6 cm³/mol. The van der Waals surface area contributed by atoms with Gasteiger partial charge in [-0.1, -0.05) is 38.1 Å². The largest absolute Gasteiger partial charge is 0.478 e. The fourth-order valence-electron chi connectivity index (χ4n) is 2.27. The molecule has 0 fully saturated rings. The molecule has 0 spiro atoms. The summed E-state index contributed by atoms with van der Waals surface area (Å²) in [7, 11) is 0. The molecular weight excluding hydrogens is 262 g/mol. The molecule has 2 aromatic heterocycles. The fraction of sp³-hybridized carbons (Fsp3) is 0.294. The van der Waals surface area contributed by atoms with Crippen LogP contribution in [0.15, 0.2) is 36.4 Å². The van der Waals surface area contributed by atoms with Crippen molar-refractivity contribution >= 4 is 11.2 Å². The maximum atomic E-state index is 5.41. The summed E-state index contributed by atoms with van der Waals surface area (Å²) in [5.41, 5.74) is 3.99. The molecule has 0 amide bonds. The van der Waals surface area contributed by atoms with Crippen LogP contribution in [0.1, 0.15) is 32.3 Å². The molecule has 0 atom stereocenters. The van der Waals surface area contributed by atoms with Crippen LogP contribution < -0.4 is 4.74 Å². The summed E-state index contributed by atoms with van der Waals surface area (Å²) in [5.74, 6) is 1.98. The molecule has 0 unspecified atom stereocenters. The van der Waals surface area contributed by atoms with Crippen molar-refractivity contribution in [1.29, 1.82) is 0 Å². The fourth-order valence-corrected chi connectivity index (χ4v) is 2.27. The molecule has 4 heteroatoms. The van der Waals surface area contributed by atoms with Crippen molar-refractivity contribution in [2.45, 2.75) is 26.7 Å². The van der Waals surface area contributed by atoms with Gasteiger partial charge in [0.2, 0.25) is 5.88 Å². The number of fused-ring (bicyclic) bond motifs is 1. The maximum Gasteiger partial charge on any atom is 0.215 e. The van der Waals surface area contributed by atoms with Crippen LogP contribution in [0, 0.1) is 0 Å². The molecule has 4 nitrogen and oxygen atoms in total. The van der Waals surface area contributed by atoms with Gasteiger partial charge < -0.3 is 9.72 Å². The first-order valence-electron chi connectivity index (χ1n) is 7.27. The van der Waals surface area contributed by atoms with E-state index in [1.165, 1.54) is 5.56 Å². The van der Waals surface area contributed by atoms with Crippen LogP contribution in [0.25, 0.3) is 22.6 Å². The summed E-state index contributed by atoms with van der Waals surface area (Å²) in [5, 5.41) is 0. The SMILES string of the molecule is CCOc1ccc2[nH]c(-c3ccc(C(C)C)cc3)nc2n1. The highest BCUT2D eigenvalue weighted by Crippen LogP contribution is 2.23. The van der Waals surface area contributed by atoms with Crippen molar-refractivity contribution in [1.82, 2.24) is 15.0 Å². The summed E-state index contributed by atoms with van der Waals surface area (Å²) in [4.78, 5) is 12.2. The minimum Gasteiger partial charge on any atom is -0.478 e. The van der Waals surface area contributed by atoms with Gasteiger partial charge in [-0.15, -0.1) is 0 Å². The summed E-state index contributed by atoms with van der Waals surface area (Å²) in [6.45, 7) is 6.93. The molecule has 1 aromatic carbocycles. The normalized spacial score (nSPS) is 11.2. The standard InChI is InChI=1S/C17H19N3O/c1-4-21-15-10-9-14-17(19-15)20-16(18-14)13-7-5-12(6-8-13)11(2)3/h5-11H,4H2,1-3H3,(H,18,19,20). The second-order valence-electron chi connectivity index (χ2n) is 5.32. The lowest BCUT2D eigenvalue weighted by Crippen LogP contribution is -1.93. The lowest BCUT2D eigenvalue weighted by atomic mass is 10.0. The maximum absolute atomic E-state index is 5.41. The van der Waals surface area contributed by atoms with Crippen molar-refractivity contribution in [3.8, 4) is 17.3 Å². The Hall–Kier alpha value is -2.36. The number of aromatic amines is 1. The van der Waals surface area contributed by atoms with Gasteiger partial charge in [-0.05, 0) is 24.5 Å². The van der Waals surface area contributed by atoms with E-state index in [2.05, 4.69) is 53.1 Å². The lowest BCUT2D eigenvalue weighted by Gasteiger charge is -2.05. The summed E-state index contributed by atoms with van der Waals surface area (Å²) in [6, 6.07) is 12.3. The molecule has 2 heterocycles. The van der Waals surface area contributed by atoms with Gasteiger partial charge >= 0.3 is 0 Å². The van der Waals surface area contributed by atoms with Crippen LogP contribution in [0.5, 0.6) is 5.88 Å². The molecule has 0 saturated heterocycles. The number of nitrogens with zero attached hydrogens (tertiary/aromatic N) is 2. The van der Waals surface area contributed by atoms with Gasteiger partial charge in [0.05, 0.1) is 12.1 Å². The van der Waals surface area contributed by atoms with Gasteiger partial charge in [-0.2, -0.15) is 4.98 Å². The van der Waals surface area contributed by atoms with Crippen molar-refractivity contribution in [2.24, 2.45) is 0 Å². The van der Waals surface area contributed by atoms with Crippen molar-refractivity contribution < 1.29 is 4.74 Å². The Morgan fingerprint density at radius 3 is 2.48 bits per heavy atom. The number of imidazole rings is 1. The van der Waals surface area contributed by atoms with Crippen LogP contribution >= 0.6 is 0 Å². The van der Waals surface area contributed by atoms with E-state index in [1.54, 1.807) is 0 Å². The van der Waals surface area contributed by atoms with Gasteiger partial charge in [-0.3, -0.25) is 0 Å². The zero-order chi connectivity index (χ0) is 14.8. The summed E-state index contributed by atoms with van der Waals surface area (Å²) < 4.78 is 5.41. The van der Waals surface area contributed by atoms with E-state index in [-0.39, 0.29) is 0 Å². The van der Waals surface area contributed by atoms with E-state index in [1.807, 2.05) is 19.1 Å². The molecule has 3 rings (SSSR count). The molecular formula is C17H19N3O. The van der Waals surface area contributed by atoms with Gasteiger partial charge in [-0.25, -0.2) is 4.98 Å². The Morgan fingerprint density at radius 2 is 1.81 bits per heavy atom. The van der Waals surface area contributed by atoms with Gasteiger partial charge in [0.25, 0.3) is 0 Å². The van der Waals surface area contributed by atoms with Crippen LogP contribution in [0.4, 0.5) is 0 Å². The molecule has 0 aliphatic heterocycles. The highest BCUT2D eigenvalue weighted by molar-refractivity contribution is 5.76. The molecule has 0 saturated carbocycles. The van der Waals surface area contributed by atoms with E-state index < -0.39 is 0 Å². The first-order chi connectivity index (χ1) is 10.2. The molecule has 0 aliphatic rings. The number of aromatic nitrogens is 3. The zero-order valence-electron chi connectivity index (χ0n) is 12.6. The molecule has 0 bridgehead atoms. The van der Waals surface area contributed by atoms with E-state index >= 15 is 0 Å². The Morgan fingerprint density at radius 1 is 1.05 bits per heavy atom.